The zero-order valence-corrected chi connectivity index (χ0v) is 16.3. The van der Waals surface area contributed by atoms with E-state index in [0.29, 0.717) is 17.5 Å². The zero-order chi connectivity index (χ0) is 21.0. The maximum atomic E-state index is 13.8. The number of rotatable bonds is 4. The van der Waals surface area contributed by atoms with Gasteiger partial charge in [-0.05, 0) is 35.7 Å². The zero-order valence-electron chi connectivity index (χ0n) is 16.3. The number of nitrogens with one attached hydrogen (secondary N) is 2. The van der Waals surface area contributed by atoms with Crippen molar-refractivity contribution in [1.29, 1.82) is 0 Å². The Morgan fingerprint density at radius 3 is 2.41 bits per heavy atom. The largest absolute Gasteiger partial charge is 0.437 e. The maximum Gasteiger partial charge on any atom is 0.323 e. The van der Waals surface area contributed by atoms with Crippen molar-refractivity contribution in [2.75, 3.05) is 10.6 Å². The fourth-order valence-corrected chi connectivity index (χ4v) is 2.71. The Balaban J connectivity index is 1.80. The molecule has 2 N–H and O–H groups in total. The minimum Gasteiger partial charge on any atom is -0.437 e. The summed E-state index contributed by atoms with van der Waals surface area (Å²) in [5.41, 5.74) is 0.982. The summed E-state index contributed by atoms with van der Waals surface area (Å²) in [7, 11) is 0. The number of pyridine rings is 1. The number of carbonyl (C=O) groups is 1. The van der Waals surface area contributed by atoms with Crippen LogP contribution in [-0.2, 0) is 5.41 Å². The molecule has 5 nitrogen and oxygen atoms in total. The molecule has 0 aliphatic heterocycles. The van der Waals surface area contributed by atoms with Crippen LogP contribution in [0.4, 0.5) is 25.0 Å². The average Bonchev–Trinajstić information content (AvgIpc) is 2.65. The molecule has 2 amide bonds. The van der Waals surface area contributed by atoms with Crippen LogP contribution in [-0.4, -0.2) is 11.0 Å². The van der Waals surface area contributed by atoms with Crippen molar-refractivity contribution in [2.45, 2.75) is 26.2 Å². The van der Waals surface area contributed by atoms with Gasteiger partial charge in [-0.2, -0.15) is 0 Å². The number of halogens is 2. The molecule has 29 heavy (non-hydrogen) atoms. The molecule has 0 fully saturated rings. The Hall–Kier alpha value is -3.48. The standard InChI is InChI=1S/C22H21F2N3O2/c1-22(2,3)15-7-4-5-9-19(15)29-20-18(8-6-12-25-20)27-21(28)26-17-11-10-14(23)13-16(17)24/h4-13H,1-3H3,(H2,26,27,28). The minimum atomic E-state index is -0.873. The second kappa shape index (κ2) is 8.26. The van der Waals surface area contributed by atoms with E-state index in [4.69, 9.17) is 4.74 Å². The van der Waals surface area contributed by atoms with E-state index in [2.05, 4.69) is 36.4 Å². The fourth-order valence-electron chi connectivity index (χ4n) is 2.71. The van der Waals surface area contributed by atoms with Crippen molar-refractivity contribution < 1.29 is 18.3 Å². The second-order valence-corrected chi connectivity index (χ2v) is 7.41. The van der Waals surface area contributed by atoms with Crippen LogP contribution < -0.4 is 15.4 Å². The van der Waals surface area contributed by atoms with Crippen LogP contribution in [0.1, 0.15) is 26.3 Å². The van der Waals surface area contributed by atoms with E-state index in [-0.39, 0.29) is 17.0 Å². The van der Waals surface area contributed by atoms with Crippen LogP contribution in [0.3, 0.4) is 0 Å². The van der Waals surface area contributed by atoms with Gasteiger partial charge in [-0.1, -0.05) is 39.0 Å². The van der Waals surface area contributed by atoms with Crippen molar-refractivity contribution in [1.82, 2.24) is 4.98 Å². The molecule has 0 unspecified atom stereocenters. The summed E-state index contributed by atoms with van der Waals surface area (Å²) < 4.78 is 32.7. The molecule has 7 heteroatoms. The number of hydrogen-bond donors (Lipinski definition) is 2. The van der Waals surface area contributed by atoms with Crippen molar-refractivity contribution in [2.24, 2.45) is 0 Å². The third-order valence-electron chi connectivity index (χ3n) is 4.10. The van der Waals surface area contributed by atoms with Crippen LogP contribution in [0.5, 0.6) is 11.6 Å². The summed E-state index contributed by atoms with van der Waals surface area (Å²) in [5.74, 6) is -0.790. The lowest BCUT2D eigenvalue weighted by Gasteiger charge is -2.22. The number of ether oxygens (including phenoxy) is 1. The summed E-state index contributed by atoms with van der Waals surface area (Å²) in [6.07, 6.45) is 1.54. The molecule has 3 aromatic rings. The number of amides is 2. The molecule has 2 aromatic carbocycles. The van der Waals surface area contributed by atoms with Gasteiger partial charge < -0.3 is 15.4 Å². The number of hydrogen-bond acceptors (Lipinski definition) is 3. The van der Waals surface area contributed by atoms with Crippen LogP contribution in [0, 0.1) is 11.6 Å². The molecular weight excluding hydrogens is 376 g/mol. The van der Waals surface area contributed by atoms with Crippen LogP contribution in [0.25, 0.3) is 0 Å². The smallest absolute Gasteiger partial charge is 0.323 e. The molecule has 0 atom stereocenters. The molecule has 0 saturated carbocycles. The predicted octanol–water partition coefficient (Wildman–Crippen LogP) is 6.09. The van der Waals surface area contributed by atoms with E-state index in [1.54, 1.807) is 12.1 Å². The quantitative estimate of drug-likeness (QED) is 0.560. The molecule has 3 rings (SSSR count). The highest BCUT2D eigenvalue weighted by molar-refractivity contribution is 6.00. The van der Waals surface area contributed by atoms with Gasteiger partial charge in [-0.25, -0.2) is 18.6 Å². The minimum absolute atomic E-state index is 0.145. The Kier molecular flexibility index (Phi) is 5.77. The van der Waals surface area contributed by atoms with Crippen LogP contribution in [0.2, 0.25) is 0 Å². The highest BCUT2D eigenvalue weighted by atomic mass is 19.1. The molecule has 1 heterocycles. The first-order valence-electron chi connectivity index (χ1n) is 8.99. The Morgan fingerprint density at radius 2 is 1.69 bits per heavy atom. The third kappa shape index (κ3) is 5.07. The number of aromatic nitrogens is 1. The lowest BCUT2D eigenvalue weighted by Crippen LogP contribution is -2.20. The fraction of sp³-hybridized carbons (Fsp3) is 0.182. The van der Waals surface area contributed by atoms with Crippen molar-refractivity contribution in [3.8, 4) is 11.6 Å². The first-order chi connectivity index (χ1) is 13.7. The number of anilines is 2. The van der Waals surface area contributed by atoms with Gasteiger partial charge in [0.25, 0.3) is 0 Å². The first kappa shape index (κ1) is 20.3. The molecule has 150 valence electrons. The van der Waals surface area contributed by atoms with E-state index in [9.17, 15) is 13.6 Å². The molecule has 0 radical (unpaired) electrons. The molecule has 0 bridgehead atoms. The van der Waals surface area contributed by atoms with E-state index in [1.165, 1.54) is 6.20 Å². The van der Waals surface area contributed by atoms with Gasteiger partial charge in [-0.15, -0.1) is 0 Å². The highest BCUT2D eigenvalue weighted by Gasteiger charge is 2.20. The monoisotopic (exact) mass is 397 g/mol. The number of nitrogens with zero attached hydrogens (tertiary/aromatic N) is 1. The molecule has 1 aromatic heterocycles. The SMILES string of the molecule is CC(C)(C)c1ccccc1Oc1ncccc1NC(=O)Nc1ccc(F)cc1F. The third-order valence-corrected chi connectivity index (χ3v) is 4.10. The van der Waals surface area contributed by atoms with Crippen molar-refractivity contribution in [3.05, 3.63) is 78.0 Å². The lowest BCUT2D eigenvalue weighted by atomic mass is 9.86. The van der Waals surface area contributed by atoms with Gasteiger partial charge in [0.05, 0.1) is 5.69 Å². The summed E-state index contributed by atoms with van der Waals surface area (Å²) >= 11 is 0. The Bertz CT molecular complexity index is 1030. The topological polar surface area (TPSA) is 63.2 Å². The van der Waals surface area contributed by atoms with Crippen LogP contribution in [0.15, 0.2) is 60.8 Å². The van der Waals surface area contributed by atoms with Crippen molar-refractivity contribution >= 4 is 17.4 Å². The highest BCUT2D eigenvalue weighted by Crippen LogP contribution is 2.35. The van der Waals surface area contributed by atoms with Crippen molar-refractivity contribution in [3.63, 3.8) is 0 Å². The Morgan fingerprint density at radius 1 is 0.966 bits per heavy atom. The first-order valence-corrected chi connectivity index (χ1v) is 8.99. The predicted molar refractivity (Wildman–Crippen MR) is 108 cm³/mol. The maximum absolute atomic E-state index is 13.8. The molecule has 0 aliphatic rings. The summed E-state index contributed by atoms with van der Waals surface area (Å²) in [6, 6.07) is 13.0. The normalized spacial score (nSPS) is 11.1. The molecule has 0 saturated heterocycles. The number of para-hydroxylation sites is 1. The Labute approximate surface area is 167 Å². The molecule has 0 spiro atoms. The van der Waals surface area contributed by atoms with Gasteiger partial charge in [0.2, 0.25) is 5.88 Å². The van der Waals surface area contributed by atoms with Gasteiger partial charge in [0.15, 0.2) is 0 Å². The average molecular weight is 397 g/mol. The molecular formula is C22H21F2N3O2. The van der Waals surface area contributed by atoms with E-state index < -0.39 is 17.7 Å². The summed E-state index contributed by atoms with van der Waals surface area (Å²) in [4.78, 5) is 16.5. The number of carbonyl (C=O) groups excluding carboxylic acids is 1. The number of benzene rings is 2. The second-order valence-electron chi connectivity index (χ2n) is 7.41. The van der Waals surface area contributed by atoms with E-state index in [1.807, 2.05) is 24.3 Å². The van der Waals surface area contributed by atoms with Crippen LogP contribution >= 0.6 is 0 Å². The number of urea groups is 1. The lowest BCUT2D eigenvalue weighted by molar-refractivity contribution is 0.262. The summed E-state index contributed by atoms with van der Waals surface area (Å²) in [5, 5.41) is 4.92. The van der Waals surface area contributed by atoms with Gasteiger partial charge >= 0.3 is 6.03 Å². The van der Waals surface area contributed by atoms with Gasteiger partial charge in [0.1, 0.15) is 23.1 Å². The van der Waals surface area contributed by atoms with E-state index >= 15 is 0 Å². The molecule has 0 aliphatic carbocycles. The summed E-state index contributed by atoms with van der Waals surface area (Å²) in [6.45, 7) is 6.20. The van der Waals surface area contributed by atoms with E-state index in [0.717, 1.165) is 17.7 Å². The van der Waals surface area contributed by atoms with Gasteiger partial charge in [0, 0.05) is 17.8 Å². The van der Waals surface area contributed by atoms with Gasteiger partial charge in [-0.3, -0.25) is 0 Å².